The van der Waals surface area contributed by atoms with Crippen LogP contribution in [0, 0.1) is 5.82 Å². The molecule has 0 aliphatic heterocycles. The molecule has 0 aliphatic rings. The van der Waals surface area contributed by atoms with E-state index in [4.69, 9.17) is 10.2 Å². The van der Waals surface area contributed by atoms with E-state index < -0.39 is 12.0 Å². The minimum absolute atomic E-state index is 0.322. The van der Waals surface area contributed by atoms with E-state index in [1.807, 2.05) is 0 Å². The van der Waals surface area contributed by atoms with Crippen molar-refractivity contribution in [1.82, 2.24) is 10.2 Å². The molecule has 6 nitrogen and oxygen atoms in total. The average molecular weight is 311 g/mol. The van der Waals surface area contributed by atoms with Crippen molar-refractivity contribution >= 4 is 17.7 Å². The van der Waals surface area contributed by atoms with Crippen molar-refractivity contribution < 1.29 is 18.3 Å². The number of rotatable bonds is 6. The number of nitrogens with two attached hydrogens (primary N) is 1. The number of hydrogen-bond donors (Lipinski definition) is 1. The third-order valence-corrected chi connectivity index (χ3v) is 3.63. The van der Waals surface area contributed by atoms with E-state index in [1.54, 1.807) is 12.1 Å². The van der Waals surface area contributed by atoms with Gasteiger partial charge in [-0.05, 0) is 24.3 Å². The number of methoxy groups -OCH3 is 1. The van der Waals surface area contributed by atoms with Crippen molar-refractivity contribution in [3.8, 4) is 11.5 Å². The van der Waals surface area contributed by atoms with Gasteiger partial charge < -0.3 is 14.9 Å². The summed E-state index contributed by atoms with van der Waals surface area (Å²) >= 11 is 1.39. The van der Waals surface area contributed by atoms with Crippen molar-refractivity contribution in [3.63, 3.8) is 0 Å². The highest BCUT2D eigenvalue weighted by Gasteiger charge is 2.14. The van der Waals surface area contributed by atoms with Gasteiger partial charge >= 0.3 is 5.97 Å². The lowest BCUT2D eigenvalue weighted by atomic mass is 10.2. The molecule has 0 bridgehead atoms. The Labute approximate surface area is 124 Å². The van der Waals surface area contributed by atoms with Crippen LogP contribution in [0.15, 0.2) is 28.7 Å². The Bertz CT molecular complexity index is 603. The van der Waals surface area contributed by atoms with Crippen molar-refractivity contribution in [2.24, 2.45) is 5.73 Å². The largest absolute Gasteiger partial charge is 0.468 e. The molecule has 1 atom stereocenters. The fourth-order valence-electron chi connectivity index (χ4n) is 1.51. The molecule has 0 aliphatic carbocycles. The summed E-state index contributed by atoms with van der Waals surface area (Å²) in [5.41, 5.74) is 6.25. The Morgan fingerprint density at radius 1 is 1.43 bits per heavy atom. The number of ether oxygens (including phenoxy) is 1. The number of carbonyl (C=O) groups is 1. The Balaban J connectivity index is 1.89. The van der Waals surface area contributed by atoms with Crippen molar-refractivity contribution in [2.75, 3.05) is 12.9 Å². The zero-order chi connectivity index (χ0) is 15.2. The molecule has 112 valence electrons. The van der Waals surface area contributed by atoms with Crippen LogP contribution < -0.4 is 5.73 Å². The van der Waals surface area contributed by atoms with Gasteiger partial charge in [-0.1, -0.05) is 0 Å². The number of esters is 1. The molecule has 0 fully saturated rings. The number of nitrogens with zero attached hydrogens (tertiary/aromatic N) is 2. The molecular weight excluding hydrogens is 297 g/mol. The van der Waals surface area contributed by atoms with Crippen LogP contribution in [0.4, 0.5) is 4.39 Å². The van der Waals surface area contributed by atoms with Gasteiger partial charge in [-0.2, -0.15) is 0 Å². The summed E-state index contributed by atoms with van der Waals surface area (Å²) in [5, 5.41) is 7.78. The van der Waals surface area contributed by atoms with E-state index in [1.165, 1.54) is 31.0 Å². The molecular formula is C13H14FN3O3S. The minimum atomic E-state index is -0.681. The fourth-order valence-corrected chi connectivity index (χ4v) is 2.31. The molecule has 8 heteroatoms. The first-order valence-corrected chi connectivity index (χ1v) is 7.25. The van der Waals surface area contributed by atoms with Gasteiger partial charge in [-0.25, -0.2) is 4.39 Å². The van der Waals surface area contributed by atoms with E-state index in [0.717, 1.165) is 0 Å². The molecule has 0 saturated carbocycles. The maximum absolute atomic E-state index is 12.8. The monoisotopic (exact) mass is 311 g/mol. The Morgan fingerprint density at radius 3 is 2.81 bits per heavy atom. The summed E-state index contributed by atoms with van der Waals surface area (Å²) < 4.78 is 22.8. The lowest BCUT2D eigenvalue weighted by molar-refractivity contribution is -0.141. The van der Waals surface area contributed by atoms with E-state index in [9.17, 15) is 9.18 Å². The molecule has 2 rings (SSSR count). The number of benzene rings is 1. The first-order chi connectivity index (χ1) is 10.1. The van der Waals surface area contributed by atoms with Crippen molar-refractivity contribution in [2.45, 2.75) is 11.8 Å². The molecule has 2 aromatic rings. The fraction of sp³-hybridized carbons (Fsp3) is 0.308. The van der Waals surface area contributed by atoms with E-state index in [2.05, 4.69) is 14.9 Å². The first-order valence-electron chi connectivity index (χ1n) is 6.09. The minimum Gasteiger partial charge on any atom is -0.468 e. The second-order valence-corrected chi connectivity index (χ2v) is 5.18. The van der Waals surface area contributed by atoms with E-state index in [-0.39, 0.29) is 5.82 Å². The summed E-state index contributed by atoms with van der Waals surface area (Å²) in [6, 6.07) is 5.09. The van der Waals surface area contributed by atoms with Crippen LogP contribution >= 0.6 is 11.8 Å². The molecule has 0 saturated heterocycles. The molecule has 1 unspecified atom stereocenters. The highest BCUT2D eigenvalue weighted by atomic mass is 32.2. The number of halogens is 1. The molecule has 1 heterocycles. The summed E-state index contributed by atoms with van der Waals surface area (Å²) in [6.45, 7) is 0. The van der Waals surface area contributed by atoms with Gasteiger partial charge in [0.2, 0.25) is 11.8 Å². The maximum Gasteiger partial charge on any atom is 0.323 e. The lowest BCUT2D eigenvalue weighted by Crippen LogP contribution is -2.33. The van der Waals surface area contributed by atoms with Gasteiger partial charge in [0.05, 0.1) is 12.9 Å². The quantitative estimate of drug-likeness (QED) is 0.810. The van der Waals surface area contributed by atoms with Gasteiger partial charge in [0.15, 0.2) is 0 Å². The number of hydrogen-bond acceptors (Lipinski definition) is 7. The molecule has 2 N–H and O–H groups in total. The zero-order valence-electron chi connectivity index (χ0n) is 11.3. The van der Waals surface area contributed by atoms with Crippen LogP contribution in [0.5, 0.6) is 0 Å². The van der Waals surface area contributed by atoms with Gasteiger partial charge in [0.1, 0.15) is 11.9 Å². The van der Waals surface area contributed by atoms with Crippen molar-refractivity contribution in [3.05, 3.63) is 36.0 Å². The normalized spacial score (nSPS) is 12.1. The van der Waals surface area contributed by atoms with E-state index >= 15 is 0 Å². The molecule has 21 heavy (non-hydrogen) atoms. The second-order valence-electron chi connectivity index (χ2n) is 4.15. The van der Waals surface area contributed by atoms with Crippen molar-refractivity contribution in [1.29, 1.82) is 0 Å². The third-order valence-electron chi connectivity index (χ3n) is 2.58. The SMILES string of the molecule is COC(=O)C(N)CSCc1nnc(-c2ccc(F)cc2)o1. The summed E-state index contributed by atoms with van der Waals surface area (Å²) in [7, 11) is 1.29. The Morgan fingerprint density at radius 2 is 2.14 bits per heavy atom. The summed E-state index contributed by atoms with van der Waals surface area (Å²) in [4.78, 5) is 11.1. The van der Waals surface area contributed by atoms with Crippen LogP contribution in [0.1, 0.15) is 5.89 Å². The number of thioether (sulfide) groups is 1. The topological polar surface area (TPSA) is 91.2 Å². The molecule has 0 amide bonds. The van der Waals surface area contributed by atoms with Gasteiger partial charge in [-0.3, -0.25) is 4.79 Å². The maximum atomic E-state index is 12.8. The standard InChI is InChI=1S/C13H14FN3O3S/c1-19-13(18)10(15)6-21-7-11-16-17-12(20-11)8-2-4-9(14)5-3-8/h2-5,10H,6-7,15H2,1H3. The predicted molar refractivity (Wildman–Crippen MR) is 75.8 cm³/mol. The summed E-state index contributed by atoms with van der Waals surface area (Å²) in [6.07, 6.45) is 0. The predicted octanol–water partition coefficient (Wildman–Crippen LogP) is 1.61. The van der Waals surface area contributed by atoms with Gasteiger partial charge in [-0.15, -0.1) is 22.0 Å². The lowest BCUT2D eigenvalue weighted by Gasteiger charge is -2.06. The highest BCUT2D eigenvalue weighted by Crippen LogP contribution is 2.20. The second kappa shape index (κ2) is 7.19. The number of aromatic nitrogens is 2. The van der Waals surface area contributed by atoms with Crippen LogP contribution in [-0.2, 0) is 15.3 Å². The third kappa shape index (κ3) is 4.27. The van der Waals surface area contributed by atoms with Gasteiger partial charge in [0, 0.05) is 11.3 Å². The summed E-state index contributed by atoms with van der Waals surface area (Å²) in [5.74, 6) is 0.768. The Kier molecular flexibility index (Phi) is 5.29. The molecule has 1 aromatic carbocycles. The molecule has 0 spiro atoms. The molecule has 0 radical (unpaired) electrons. The van der Waals surface area contributed by atoms with E-state index in [0.29, 0.717) is 28.9 Å². The Hall–Kier alpha value is -1.93. The van der Waals surface area contributed by atoms with Crippen LogP contribution in [0.3, 0.4) is 0 Å². The van der Waals surface area contributed by atoms with Crippen LogP contribution in [0.2, 0.25) is 0 Å². The van der Waals surface area contributed by atoms with Crippen LogP contribution in [0.25, 0.3) is 11.5 Å². The smallest absolute Gasteiger partial charge is 0.323 e. The highest BCUT2D eigenvalue weighted by molar-refractivity contribution is 7.98. The van der Waals surface area contributed by atoms with Gasteiger partial charge in [0.25, 0.3) is 0 Å². The molecule has 1 aromatic heterocycles. The first kappa shape index (κ1) is 15.5. The zero-order valence-corrected chi connectivity index (χ0v) is 12.1. The number of carbonyl (C=O) groups excluding carboxylic acids is 1. The van der Waals surface area contributed by atoms with Crippen LogP contribution in [-0.4, -0.2) is 35.1 Å². The average Bonchev–Trinajstić information content (AvgIpc) is 2.95.